The lowest BCUT2D eigenvalue weighted by molar-refractivity contribution is -0.139. The first kappa shape index (κ1) is 23.4. The van der Waals surface area contributed by atoms with Gasteiger partial charge in [-0.2, -0.15) is 4.98 Å². The minimum Gasteiger partial charge on any atom is -0.497 e. The molecule has 0 unspecified atom stereocenters. The number of benzene rings is 2. The van der Waals surface area contributed by atoms with Gasteiger partial charge in [0.15, 0.2) is 6.10 Å². The summed E-state index contributed by atoms with van der Waals surface area (Å²) in [7, 11) is 1.62. The summed E-state index contributed by atoms with van der Waals surface area (Å²) in [6, 6.07) is 12.4. The molecule has 1 aromatic heterocycles. The molecule has 2 aromatic carbocycles. The minimum absolute atomic E-state index is 0.0831. The Bertz CT molecular complexity index is 1100. The molecule has 0 N–H and O–H groups in total. The molecule has 3 aromatic rings. The molecule has 1 aliphatic rings. The molecule has 0 aliphatic carbocycles. The van der Waals surface area contributed by atoms with Crippen molar-refractivity contribution in [1.82, 2.24) is 19.9 Å². The fourth-order valence-electron chi connectivity index (χ4n) is 3.56. The molecule has 0 radical (unpaired) electrons. The predicted molar refractivity (Wildman–Crippen MR) is 125 cm³/mol. The minimum atomic E-state index is -0.654. The Morgan fingerprint density at radius 1 is 1.12 bits per heavy atom. The molecule has 0 saturated carbocycles. The van der Waals surface area contributed by atoms with E-state index >= 15 is 0 Å². The van der Waals surface area contributed by atoms with Crippen LogP contribution in [0.15, 0.2) is 47.0 Å². The van der Waals surface area contributed by atoms with E-state index < -0.39 is 6.10 Å². The van der Waals surface area contributed by atoms with Crippen LogP contribution in [0, 0.1) is 0 Å². The summed E-state index contributed by atoms with van der Waals surface area (Å²) in [4.78, 5) is 21.3. The number of ether oxygens (including phenoxy) is 2. The van der Waals surface area contributed by atoms with Gasteiger partial charge in [0.2, 0.25) is 11.7 Å². The van der Waals surface area contributed by atoms with Gasteiger partial charge in [-0.3, -0.25) is 9.69 Å². The van der Waals surface area contributed by atoms with E-state index in [-0.39, 0.29) is 5.91 Å². The van der Waals surface area contributed by atoms with Crippen LogP contribution < -0.4 is 9.47 Å². The molecule has 8 nitrogen and oxygen atoms in total. The van der Waals surface area contributed by atoms with Crippen LogP contribution in [0.1, 0.15) is 12.8 Å². The molecular formula is C23H24Cl2N4O4. The van der Waals surface area contributed by atoms with Gasteiger partial charge in [0.25, 0.3) is 5.91 Å². The Labute approximate surface area is 202 Å². The molecule has 1 fully saturated rings. The maximum atomic E-state index is 12.8. The molecule has 1 aliphatic heterocycles. The lowest BCUT2D eigenvalue weighted by Gasteiger charge is -2.35. The van der Waals surface area contributed by atoms with E-state index in [0.717, 1.165) is 11.3 Å². The number of rotatable bonds is 7. The number of halogens is 2. The van der Waals surface area contributed by atoms with E-state index in [1.165, 1.54) is 0 Å². The van der Waals surface area contributed by atoms with Gasteiger partial charge < -0.3 is 18.9 Å². The van der Waals surface area contributed by atoms with E-state index in [2.05, 4.69) is 15.0 Å². The summed E-state index contributed by atoms with van der Waals surface area (Å²) in [6.07, 6.45) is -0.654. The smallest absolute Gasteiger partial charge is 0.263 e. The lowest BCUT2D eigenvalue weighted by Crippen LogP contribution is -2.51. The Morgan fingerprint density at radius 2 is 1.85 bits per heavy atom. The maximum Gasteiger partial charge on any atom is 0.263 e. The van der Waals surface area contributed by atoms with Crippen LogP contribution in [0.5, 0.6) is 11.5 Å². The van der Waals surface area contributed by atoms with Gasteiger partial charge in [-0.25, -0.2) is 0 Å². The molecule has 1 atom stereocenters. The first-order valence-corrected chi connectivity index (χ1v) is 11.3. The number of methoxy groups -OCH3 is 1. The van der Waals surface area contributed by atoms with Crippen molar-refractivity contribution in [2.24, 2.45) is 0 Å². The van der Waals surface area contributed by atoms with Crippen molar-refractivity contribution >= 4 is 29.1 Å². The normalized spacial score (nSPS) is 15.3. The number of carbonyl (C=O) groups excluding carboxylic acids is 1. The van der Waals surface area contributed by atoms with Gasteiger partial charge in [-0.05, 0) is 49.4 Å². The fourth-order valence-corrected chi connectivity index (χ4v) is 4.02. The molecule has 2 heterocycles. The summed E-state index contributed by atoms with van der Waals surface area (Å²) in [5.74, 6) is 2.19. The van der Waals surface area contributed by atoms with Crippen molar-refractivity contribution in [3.05, 3.63) is 58.4 Å². The zero-order valence-corrected chi connectivity index (χ0v) is 19.8. The van der Waals surface area contributed by atoms with Crippen LogP contribution in [-0.4, -0.2) is 65.2 Å². The molecule has 10 heteroatoms. The van der Waals surface area contributed by atoms with Gasteiger partial charge in [-0.15, -0.1) is 0 Å². The summed E-state index contributed by atoms with van der Waals surface area (Å²) < 4.78 is 16.4. The summed E-state index contributed by atoms with van der Waals surface area (Å²) in [5, 5.41) is 4.96. The van der Waals surface area contributed by atoms with Crippen molar-refractivity contribution in [3.8, 4) is 22.9 Å². The monoisotopic (exact) mass is 490 g/mol. The standard InChI is InChI=1S/C23H24Cl2N4O4/c1-15(32-20-8-5-17(24)13-19(20)25)23(30)29-11-9-28(10-12-29)14-21-26-22(27-33-21)16-3-6-18(31-2)7-4-16/h3-8,13,15H,9-12,14H2,1-2H3/t15-/m1/s1. The van der Waals surface area contributed by atoms with Crippen LogP contribution in [0.25, 0.3) is 11.4 Å². The molecule has 1 saturated heterocycles. The molecule has 33 heavy (non-hydrogen) atoms. The summed E-state index contributed by atoms with van der Waals surface area (Å²) in [5.41, 5.74) is 0.857. The van der Waals surface area contributed by atoms with Gasteiger partial charge in [-0.1, -0.05) is 28.4 Å². The average Bonchev–Trinajstić information content (AvgIpc) is 3.29. The van der Waals surface area contributed by atoms with Crippen LogP contribution in [-0.2, 0) is 11.3 Å². The molecular weight excluding hydrogens is 467 g/mol. The molecule has 0 spiro atoms. The molecule has 174 valence electrons. The Morgan fingerprint density at radius 3 is 2.52 bits per heavy atom. The second-order valence-corrected chi connectivity index (χ2v) is 8.52. The van der Waals surface area contributed by atoms with E-state index in [9.17, 15) is 4.79 Å². The second-order valence-electron chi connectivity index (χ2n) is 7.68. The molecule has 1 amide bonds. The zero-order chi connectivity index (χ0) is 23.4. The third kappa shape index (κ3) is 5.76. The van der Waals surface area contributed by atoms with Crippen LogP contribution >= 0.6 is 23.2 Å². The topological polar surface area (TPSA) is 80.9 Å². The van der Waals surface area contributed by atoms with E-state index in [1.807, 2.05) is 24.3 Å². The van der Waals surface area contributed by atoms with Crippen molar-refractivity contribution < 1.29 is 18.8 Å². The predicted octanol–water partition coefficient (Wildman–Crippen LogP) is 4.16. The number of aromatic nitrogens is 2. The fraction of sp³-hybridized carbons (Fsp3) is 0.348. The van der Waals surface area contributed by atoms with Crippen molar-refractivity contribution in [2.75, 3.05) is 33.3 Å². The summed E-state index contributed by atoms with van der Waals surface area (Å²) in [6.45, 7) is 4.80. The lowest BCUT2D eigenvalue weighted by atomic mass is 10.2. The highest BCUT2D eigenvalue weighted by Crippen LogP contribution is 2.28. The van der Waals surface area contributed by atoms with E-state index in [1.54, 1.807) is 37.1 Å². The van der Waals surface area contributed by atoms with Gasteiger partial charge >= 0.3 is 0 Å². The number of piperazine rings is 1. The number of carbonyl (C=O) groups is 1. The van der Waals surface area contributed by atoms with Gasteiger partial charge in [0.05, 0.1) is 18.7 Å². The summed E-state index contributed by atoms with van der Waals surface area (Å²) >= 11 is 12.1. The van der Waals surface area contributed by atoms with Crippen molar-refractivity contribution in [3.63, 3.8) is 0 Å². The quantitative estimate of drug-likeness (QED) is 0.491. The first-order valence-electron chi connectivity index (χ1n) is 10.5. The number of amides is 1. The molecule has 0 bridgehead atoms. The van der Waals surface area contributed by atoms with Crippen molar-refractivity contribution in [1.29, 1.82) is 0 Å². The van der Waals surface area contributed by atoms with E-state index in [4.69, 9.17) is 37.2 Å². The second kappa shape index (κ2) is 10.4. The molecule has 4 rings (SSSR count). The van der Waals surface area contributed by atoms with Gasteiger partial charge in [0.1, 0.15) is 11.5 Å². The Hall–Kier alpha value is -2.81. The third-order valence-corrected chi connectivity index (χ3v) is 5.94. The van der Waals surface area contributed by atoms with Gasteiger partial charge in [0, 0.05) is 36.8 Å². The van der Waals surface area contributed by atoms with Crippen LogP contribution in [0.2, 0.25) is 10.0 Å². The third-order valence-electron chi connectivity index (χ3n) is 5.40. The average molecular weight is 491 g/mol. The number of hydrogen-bond donors (Lipinski definition) is 0. The highest BCUT2D eigenvalue weighted by molar-refractivity contribution is 6.35. The number of hydrogen-bond acceptors (Lipinski definition) is 7. The Kier molecular flexibility index (Phi) is 7.37. The number of nitrogens with zero attached hydrogens (tertiary/aromatic N) is 4. The largest absolute Gasteiger partial charge is 0.497 e. The highest BCUT2D eigenvalue weighted by Gasteiger charge is 2.27. The van der Waals surface area contributed by atoms with Crippen LogP contribution in [0.3, 0.4) is 0 Å². The van der Waals surface area contributed by atoms with E-state index in [0.29, 0.717) is 60.2 Å². The van der Waals surface area contributed by atoms with Crippen molar-refractivity contribution in [2.45, 2.75) is 19.6 Å². The van der Waals surface area contributed by atoms with Crippen LogP contribution in [0.4, 0.5) is 0 Å². The first-order chi connectivity index (χ1) is 15.9. The highest BCUT2D eigenvalue weighted by atomic mass is 35.5. The maximum absolute atomic E-state index is 12.8. The zero-order valence-electron chi connectivity index (χ0n) is 18.3. The SMILES string of the molecule is COc1ccc(-c2noc(CN3CCN(C(=O)[C@@H](C)Oc4ccc(Cl)cc4Cl)CC3)n2)cc1. The Balaban J connectivity index is 1.28.